The van der Waals surface area contributed by atoms with Crippen LogP contribution in [-0.2, 0) is 20.7 Å². The number of barbiturate groups is 1. The van der Waals surface area contributed by atoms with Crippen LogP contribution in [0.5, 0.6) is 0 Å². The smallest absolute Gasteiger partial charge is 0.359 e. The summed E-state index contributed by atoms with van der Waals surface area (Å²) >= 11 is 0. The second-order valence-electron chi connectivity index (χ2n) is 7.59. The lowest BCUT2D eigenvalue weighted by Crippen LogP contribution is -2.74. The van der Waals surface area contributed by atoms with Crippen LogP contribution < -0.4 is 10.2 Å². The molecule has 0 bridgehead atoms. The molecule has 4 amide bonds. The van der Waals surface area contributed by atoms with Gasteiger partial charge in [-0.05, 0) is 25.5 Å². The van der Waals surface area contributed by atoms with Crippen molar-refractivity contribution in [2.24, 2.45) is 5.41 Å². The van der Waals surface area contributed by atoms with Gasteiger partial charge >= 0.3 is 6.03 Å². The predicted octanol–water partition coefficient (Wildman–Crippen LogP) is 1.32. The molecule has 1 aromatic heterocycles. The number of urea groups is 1. The first-order valence-corrected chi connectivity index (χ1v) is 8.98. The molecule has 1 N–H and O–H groups in total. The Balaban J connectivity index is 1.76. The van der Waals surface area contributed by atoms with E-state index in [4.69, 9.17) is 9.26 Å². The highest BCUT2D eigenvalue weighted by Gasteiger charge is 2.65. The number of fused-ring (bicyclic) bond motifs is 5. The number of nitrogens with one attached hydrogen (secondary N) is 1. The van der Waals surface area contributed by atoms with Crippen molar-refractivity contribution in [3.63, 3.8) is 0 Å². The molecular formula is C18H17FN4O5. The number of rotatable bonds is 0. The van der Waals surface area contributed by atoms with Crippen LogP contribution in [0.2, 0.25) is 0 Å². The lowest BCUT2D eigenvalue weighted by Gasteiger charge is -2.55. The van der Waals surface area contributed by atoms with Gasteiger partial charge in [-0.3, -0.25) is 14.9 Å². The van der Waals surface area contributed by atoms with Gasteiger partial charge in [-0.15, -0.1) is 0 Å². The number of hydrogen-bond donors (Lipinski definition) is 1. The highest BCUT2D eigenvalue weighted by Crippen LogP contribution is 2.48. The van der Waals surface area contributed by atoms with E-state index in [1.807, 2.05) is 23.2 Å². The van der Waals surface area contributed by atoms with E-state index < -0.39 is 40.5 Å². The molecule has 1 spiro atoms. The molecule has 1 aromatic carbocycles. The topological polar surface area (TPSA) is 105 Å². The number of amides is 4. The van der Waals surface area contributed by atoms with Gasteiger partial charge in [0.25, 0.3) is 5.91 Å². The number of ether oxygens (including phenoxy) is 1. The predicted molar refractivity (Wildman–Crippen MR) is 92.8 cm³/mol. The summed E-state index contributed by atoms with van der Waals surface area (Å²) < 4.78 is 25.5. The van der Waals surface area contributed by atoms with Crippen molar-refractivity contribution >= 4 is 34.5 Å². The van der Waals surface area contributed by atoms with E-state index in [2.05, 4.69) is 5.16 Å². The standard InChI is InChI=1S/C18H17FN4O5/c1-8-7-22-12-4-13-11(6-20-28-13)3-10(12)5-18(14(22)9(2)27-8)15(24)21-17(26)23(19)16(18)25/h3-4,6,8-9,14H,5,7H2,1-2H3,(H,21,24,26). The summed E-state index contributed by atoms with van der Waals surface area (Å²) in [7, 11) is 0. The first kappa shape index (κ1) is 17.1. The van der Waals surface area contributed by atoms with Crippen LogP contribution in [0.3, 0.4) is 0 Å². The molecule has 2 fully saturated rings. The Labute approximate surface area is 158 Å². The minimum Gasteiger partial charge on any atom is -0.372 e. The molecule has 28 heavy (non-hydrogen) atoms. The summed E-state index contributed by atoms with van der Waals surface area (Å²) in [6.45, 7) is 4.02. The Morgan fingerprint density at radius 3 is 2.86 bits per heavy atom. The molecule has 0 aliphatic carbocycles. The van der Waals surface area contributed by atoms with Gasteiger partial charge in [0.15, 0.2) is 11.0 Å². The number of aromatic nitrogens is 1. The summed E-state index contributed by atoms with van der Waals surface area (Å²) in [5.41, 5.74) is 0.214. The minimum absolute atomic E-state index is 0.0644. The number of carbonyl (C=O) groups is 3. The monoisotopic (exact) mass is 388 g/mol. The second-order valence-corrected chi connectivity index (χ2v) is 7.59. The quantitative estimate of drug-likeness (QED) is 0.536. The zero-order chi connectivity index (χ0) is 19.8. The number of hydrogen-bond acceptors (Lipinski definition) is 7. The minimum atomic E-state index is -1.82. The summed E-state index contributed by atoms with van der Waals surface area (Å²) in [5, 5.41) is 5.97. The summed E-state index contributed by atoms with van der Waals surface area (Å²) in [4.78, 5) is 39.5. The van der Waals surface area contributed by atoms with E-state index in [-0.39, 0.29) is 12.5 Å². The number of benzene rings is 1. The molecule has 4 atom stereocenters. The fourth-order valence-electron chi connectivity index (χ4n) is 4.85. The molecule has 146 valence electrons. The van der Waals surface area contributed by atoms with Crippen molar-refractivity contribution in [1.82, 2.24) is 15.6 Å². The number of imide groups is 2. The molecule has 10 heteroatoms. The van der Waals surface area contributed by atoms with E-state index in [1.54, 1.807) is 13.0 Å². The Kier molecular flexibility index (Phi) is 3.36. The zero-order valence-electron chi connectivity index (χ0n) is 15.1. The third-order valence-electron chi connectivity index (χ3n) is 5.88. The SMILES string of the molecule is CC1CN2c3cc4oncc4cc3CC3(C(=O)NC(=O)N(F)C3=O)C2C(C)O1. The molecule has 2 saturated heterocycles. The third-order valence-corrected chi connectivity index (χ3v) is 5.88. The molecule has 0 radical (unpaired) electrons. The van der Waals surface area contributed by atoms with Crippen LogP contribution >= 0.6 is 0 Å². The lowest BCUT2D eigenvalue weighted by molar-refractivity contribution is -0.170. The van der Waals surface area contributed by atoms with Crippen LogP contribution in [0.15, 0.2) is 22.9 Å². The average Bonchev–Trinajstić information content (AvgIpc) is 3.10. The first-order chi connectivity index (χ1) is 13.3. The normalized spacial score (nSPS) is 32.5. The summed E-state index contributed by atoms with van der Waals surface area (Å²) in [6.07, 6.45) is 0.737. The summed E-state index contributed by atoms with van der Waals surface area (Å²) in [6, 6.07) is 1.44. The van der Waals surface area contributed by atoms with Crippen molar-refractivity contribution in [2.75, 3.05) is 11.4 Å². The number of halogens is 1. The van der Waals surface area contributed by atoms with E-state index >= 15 is 0 Å². The van der Waals surface area contributed by atoms with Gasteiger partial charge in [0, 0.05) is 30.1 Å². The van der Waals surface area contributed by atoms with Crippen LogP contribution in [0.1, 0.15) is 19.4 Å². The van der Waals surface area contributed by atoms with Gasteiger partial charge in [0.1, 0.15) is 0 Å². The third kappa shape index (κ3) is 2.03. The maximum atomic E-state index is 14.4. The van der Waals surface area contributed by atoms with Gasteiger partial charge < -0.3 is 14.2 Å². The molecule has 9 nitrogen and oxygen atoms in total. The van der Waals surface area contributed by atoms with E-state index in [1.165, 1.54) is 6.20 Å². The van der Waals surface area contributed by atoms with Crippen molar-refractivity contribution in [3.05, 3.63) is 23.9 Å². The molecule has 4 unspecified atom stereocenters. The Hall–Kier alpha value is -3.01. The van der Waals surface area contributed by atoms with Crippen molar-refractivity contribution in [2.45, 2.75) is 38.5 Å². The lowest BCUT2D eigenvalue weighted by atomic mass is 9.66. The number of nitrogens with zero attached hydrogens (tertiary/aromatic N) is 3. The highest BCUT2D eigenvalue weighted by atomic mass is 19.2. The fourth-order valence-corrected chi connectivity index (χ4v) is 4.85. The molecule has 3 aliphatic rings. The van der Waals surface area contributed by atoms with E-state index in [9.17, 15) is 18.9 Å². The molecule has 4 heterocycles. The van der Waals surface area contributed by atoms with Gasteiger partial charge in [-0.1, -0.05) is 14.8 Å². The molecule has 5 rings (SSSR count). The fraction of sp³-hybridized carbons (Fsp3) is 0.444. The van der Waals surface area contributed by atoms with Gasteiger partial charge in [0.05, 0.1) is 24.4 Å². The van der Waals surface area contributed by atoms with E-state index in [0.29, 0.717) is 23.1 Å². The van der Waals surface area contributed by atoms with Crippen LogP contribution in [0.4, 0.5) is 15.0 Å². The zero-order valence-corrected chi connectivity index (χ0v) is 15.1. The largest absolute Gasteiger partial charge is 0.372 e. The van der Waals surface area contributed by atoms with Gasteiger partial charge in [-0.25, -0.2) is 4.79 Å². The van der Waals surface area contributed by atoms with Gasteiger partial charge in [0.2, 0.25) is 5.91 Å². The number of carbonyl (C=O) groups excluding carboxylic acids is 3. The number of anilines is 1. The maximum Gasteiger partial charge on any atom is 0.359 e. The average molecular weight is 388 g/mol. The maximum absolute atomic E-state index is 14.4. The Bertz CT molecular complexity index is 1040. The van der Waals surface area contributed by atoms with Gasteiger partial charge in [-0.2, -0.15) is 0 Å². The Morgan fingerprint density at radius 1 is 1.29 bits per heavy atom. The van der Waals surface area contributed by atoms with E-state index in [0.717, 1.165) is 5.69 Å². The molecule has 0 saturated carbocycles. The molecular weight excluding hydrogens is 371 g/mol. The molecule has 3 aliphatic heterocycles. The first-order valence-electron chi connectivity index (χ1n) is 8.98. The Morgan fingerprint density at radius 2 is 2.07 bits per heavy atom. The van der Waals surface area contributed by atoms with Crippen LogP contribution in [-0.4, -0.2) is 52.9 Å². The van der Waals surface area contributed by atoms with Crippen molar-refractivity contribution < 1.29 is 28.1 Å². The number of morpholine rings is 1. The second kappa shape index (κ2) is 5.51. The van der Waals surface area contributed by atoms with Crippen LogP contribution in [0.25, 0.3) is 11.0 Å². The van der Waals surface area contributed by atoms with Crippen molar-refractivity contribution in [3.8, 4) is 0 Å². The molecule has 2 aromatic rings. The van der Waals surface area contributed by atoms with Crippen molar-refractivity contribution in [1.29, 1.82) is 0 Å². The summed E-state index contributed by atoms with van der Waals surface area (Å²) in [5.74, 6) is -1.98. The highest BCUT2D eigenvalue weighted by molar-refractivity contribution is 6.20. The van der Waals surface area contributed by atoms with Crippen LogP contribution in [0, 0.1) is 5.41 Å².